The number of hydrogen-bond donors (Lipinski definition) is 5. The van der Waals surface area contributed by atoms with Crippen LogP contribution >= 0.6 is 11.3 Å². The average Bonchev–Trinajstić information content (AvgIpc) is 4.44. The number of ether oxygens (including phenoxy) is 3. The van der Waals surface area contributed by atoms with E-state index in [-0.39, 0.29) is 43.1 Å². The molecule has 18 nitrogen and oxygen atoms in total. The van der Waals surface area contributed by atoms with Gasteiger partial charge in [-0.1, -0.05) is 75.4 Å². The smallest absolute Gasteiger partial charge is 0.246 e. The third kappa shape index (κ3) is 13.9. The fraction of sp³-hybridized carbons (Fsp3) is 0.400. The van der Waals surface area contributed by atoms with Crippen molar-refractivity contribution < 1.29 is 33.4 Å². The monoisotopic (exact) mass is 1090 g/mol. The Bertz CT molecular complexity index is 3240. The number of benzene rings is 3. The Hall–Kier alpha value is -7.42. The average molecular weight is 1090 g/mol. The Morgan fingerprint density at radius 3 is 2.28 bits per heavy atom. The molecule has 1 aliphatic heterocycles. The van der Waals surface area contributed by atoms with E-state index in [0.717, 1.165) is 69.0 Å². The Kier molecular flexibility index (Phi) is 18.2. The van der Waals surface area contributed by atoms with E-state index in [9.17, 15) is 19.2 Å². The first-order valence-corrected chi connectivity index (χ1v) is 28.0. The van der Waals surface area contributed by atoms with Crippen molar-refractivity contribution in [3.63, 3.8) is 0 Å². The highest BCUT2D eigenvalue weighted by atomic mass is 32.1. The van der Waals surface area contributed by atoms with Crippen molar-refractivity contribution in [1.29, 1.82) is 0 Å². The third-order valence-corrected chi connectivity index (χ3v) is 15.6. The van der Waals surface area contributed by atoms with Gasteiger partial charge in [0.05, 0.1) is 60.4 Å². The van der Waals surface area contributed by atoms with Crippen LogP contribution in [0.25, 0.3) is 49.9 Å². The standard InChI is InChI=1S/C60H71N11O7S/c1-39-52(79-38-66-39)42-16-13-41(14-17-42)36-65-57(74)49-12-7-29-70(49)58(75)53(59(2,3)4)69-51(73)37-78-34-33-77-32-31-76-30-28-63-50(72)24-15-40-9-5-10-43(35-40)47-22-23-48-56(67-47)71(55(68-48)46-11-6-27-64-54(46)61)45-20-18-44(19-21-45)60(62)25-8-26-60/h5-6,9-11,13-14,16-23,27,35,38,49,53H,7-8,12,15,24-26,28-34,36-37,62H2,1-4H3,(H2,61,64)(H,63,72)(H,65,74)(H,69,73)/t49-,53?/m0/s1. The van der Waals surface area contributed by atoms with Gasteiger partial charge in [0.1, 0.15) is 30.0 Å². The minimum atomic E-state index is -0.860. The van der Waals surface area contributed by atoms with E-state index in [1.807, 2.05) is 105 Å². The van der Waals surface area contributed by atoms with Gasteiger partial charge in [-0.05, 0) is 116 Å². The molecule has 4 amide bonds. The van der Waals surface area contributed by atoms with Crippen LogP contribution in [0.2, 0.25) is 0 Å². The number of amides is 4. The van der Waals surface area contributed by atoms with Crippen molar-refractivity contribution in [2.45, 2.75) is 96.8 Å². The van der Waals surface area contributed by atoms with Crippen molar-refractivity contribution in [3.8, 4) is 38.8 Å². The third-order valence-electron chi connectivity index (χ3n) is 14.6. The summed E-state index contributed by atoms with van der Waals surface area (Å²) in [4.78, 5) is 74.8. The van der Waals surface area contributed by atoms with Gasteiger partial charge in [-0.3, -0.25) is 23.7 Å². The second-order valence-electron chi connectivity index (χ2n) is 21.4. The minimum absolute atomic E-state index is 0.0843. The van der Waals surface area contributed by atoms with Gasteiger partial charge in [0, 0.05) is 49.0 Å². The summed E-state index contributed by atoms with van der Waals surface area (Å²) in [5.74, 6) is -0.0163. The number of nitrogens with two attached hydrogens (primary N) is 2. The van der Waals surface area contributed by atoms with Crippen LogP contribution in [0.15, 0.2) is 109 Å². The molecule has 1 saturated carbocycles. The number of carbonyl (C=O) groups is 4. The maximum atomic E-state index is 14.0. The summed E-state index contributed by atoms with van der Waals surface area (Å²) in [6.45, 7) is 9.82. The van der Waals surface area contributed by atoms with Gasteiger partial charge in [0.25, 0.3) is 0 Å². The lowest BCUT2D eigenvalue weighted by Gasteiger charge is -2.38. The predicted molar refractivity (Wildman–Crippen MR) is 306 cm³/mol. The van der Waals surface area contributed by atoms with Crippen LogP contribution in [-0.2, 0) is 51.9 Å². The van der Waals surface area contributed by atoms with E-state index in [1.165, 1.54) is 0 Å². The van der Waals surface area contributed by atoms with E-state index in [1.54, 1.807) is 22.4 Å². The molecule has 0 spiro atoms. The quantitative estimate of drug-likeness (QED) is 0.0370. The van der Waals surface area contributed by atoms with Gasteiger partial charge < -0.3 is 46.5 Å². The van der Waals surface area contributed by atoms with Crippen LogP contribution < -0.4 is 27.4 Å². The van der Waals surface area contributed by atoms with Gasteiger partial charge in [-0.2, -0.15) is 0 Å². The van der Waals surface area contributed by atoms with E-state index in [2.05, 4.69) is 56.3 Å². The van der Waals surface area contributed by atoms with Crippen LogP contribution in [0, 0.1) is 12.3 Å². The molecule has 2 atom stereocenters. The molecule has 0 bridgehead atoms. The molecule has 2 fully saturated rings. The summed E-state index contributed by atoms with van der Waals surface area (Å²) in [6.07, 6.45) is 6.81. The van der Waals surface area contributed by atoms with Crippen LogP contribution in [0.4, 0.5) is 5.82 Å². The fourth-order valence-corrected chi connectivity index (χ4v) is 10.8. The number of aryl methyl sites for hydroxylation is 2. The molecule has 9 rings (SSSR count). The highest BCUT2D eigenvalue weighted by molar-refractivity contribution is 7.13. The molecule has 5 heterocycles. The van der Waals surface area contributed by atoms with Crippen molar-refractivity contribution in [3.05, 3.63) is 131 Å². The predicted octanol–water partition coefficient (Wildman–Crippen LogP) is 7.44. The molecule has 1 saturated heterocycles. The van der Waals surface area contributed by atoms with Gasteiger partial charge >= 0.3 is 0 Å². The molecular weight excluding hydrogens is 1020 g/mol. The molecule has 19 heteroatoms. The maximum Gasteiger partial charge on any atom is 0.246 e. The molecule has 79 heavy (non-hydrogen) atoms. The van der Waals surface area contributed by atoms with Crippen molar-refractivity contribution >= 4 is 51.9 Å². The van der Waals surface area contributed by atoms with Gasteiger partial charge in [0.15, 0.2) is 11.5 Å². The molecule has 1 aliphatic carbocycles. The highest BCUT2D eigenvalue weighted by Gasteiger charge is 2.42. The summed E-state index contributed by atoms with van der Waals surface area (Å²) in [7, 11) is 0. The van der Waals surface area contributed by atoms with E-state index in [4.69, 9.17) is 35.6 Å². The first-order valence-electron chi connectivity index (χ1n) is 27.1. The zero-order valence-corrected chi connectivity index (χ0v) is 46.3. The summed E-state index contributed by atoms with van der Waals surface area (Å²) < 4.78 is 18.9. The Morgan fingerprint density at radius 2 is 1.57 bits per heavy atom. The van der Waals surface area contributed by atoms with E-state index >= 15 is 0 Å². The van der Waals surface area contributed by atoms with Crippen LogP contribution in [-0.4, -0.2) is 118 Å². The number of hydrogen-bond acceptors (Lipinski definition) is 14. The second kappa shape index (κ2) is 25.6. The molecular formula is C60H71N11O7S. The van der Waals surface area contributed by atoms with Crippen molar-refractivity contribution in [2.75, 3.05) is 58.5 Å². The number of fused-ring (bicyclic) bond motifs is 1. The zero-order chi connectivity index (χ0) is 55.5. The number of nitrogens with one attached hydrogen (secondary N) is 3. The topological polar surface area (TPSA) is 244 Å². The lowest BCUT2D eigenvalue weighted by molar-refractivity contribution is -0.144. The number of anilines is 1. The van der Waals surface area contributed by atoms with Crippen LogP contribution in [0.5, 0.6) is 0 Å². The number of imidazole rings is 1. The first kappa shape index (κ1) is 56.3. The highest BCUT2D eigenvalue weighted by Crippen LogP contribution is 2.40. The molecule has 2 aliphatic rings. The summed E-state index contributed by atoms with van der Waals surface area (Å²) >= 11 is 1.59. The number of carbonyl (C=O) groups excluding carboxylic acids is 4. The number of thiazole rings is 1. The molecule has 4 aromatic heterocycles. The zero-order valence-electron chi connectivity index (χ0n) is 45.5. The molecule has 414 valence electrons. The summed E-state index contributed by atoms with van der Waals surface area (Å²) in [6, 6.07) is 30.6. The molecule has 7 N–H and O–H groups in total. The number of nitrogen functional groups attached to an aromatic ring is 1. The number of pyridine rings is 2. The van der Waals surface area contributed by atoms with Gasteiger partial charge in [0.2, 0.25) is 23.6 Å². The minimum Gasteiger partial charge on any atom is -0.383 e. The largest absolute Gasteiger partial charge is 0.383 e. The number of nitrogens with zero attached hydrogens (tertiary/aromatic N) is 6. The normalized spacial score (nSPS) is 15.4. The second-order valence-corrected chi connectivity index (χ2v) is 22.2. The number of rotatable bonds is 24. The van der Waals surface area contributed by atoms with Crippen LogP contribution in [0.1, 0.15) is 81.7 Å². The summed E-state index contributed by atoms with van der Waals surface area (Å²) in [5.41, 5.74) is 23.8. The summed E-state index contributed by atoms with van der Waals surface area (Å²) in [5, 5.41) is 8.81. The van der Waals surface area contributed by atoms with Gasteiger partial charge in [-0.25, -0.2) is 19.9 Å². The molecule has 1 unspecified atom stereocenters. The Labute approximate surface area is 465 Å². The van der Waals surface area contributed by atoms with Crippen molar-refractivity contribution in [2.24, 2.45) is 11.1 Å². The SMILES string of the molecule is Cc1ncsc1-c1ccc(CNC(=O)[C@@H]2CCCN2C(=O)C(NC(=O)COCCOCCOCCNC(=O)CCc2cccc(-c3ccc4nc(-c5cccnc5N)n(-c5ccc(C6(N)CCC6)cc5)c4n3)c2)C(C)(C)C)cc1. The fourth-order valence-electron chi connectivity index (χ4n) is 10.0. The van der Waals surface area contributed by atoms with E-state index < -0.39 is 23.4 Å². The maximum absolute atomic E-state index is 14.0. The lowest BCUT2D eigenvalue weighted by atomic mass is 9.73. The number of aromatic nitrogens is 5. The van der Waals surface area contributed by atoms with Crippen LogP contribution in [0.3, 0.4) is 0 Å². The molecule has 7 aromatic rings. The first-order chi connectivity index (χ1) is 38.1. The molecule has 0 radical (unpaired) electrons. The van der Waals surface area contributed by atoms with E-state index in [0.29, 0.717) is 93.5 Å². The lowest BCUT2D eigenvalue weighted by Crippen LogP contribution is -2.58. The number of likely N-dealkylation sites (tertiary alicyclic amines) is 1. The van der Waals surface area contributed by atoms with Gasteiger partial charge in [-0.15, -0.1) is 11.3 Å². The molecule has 3 aromatic carbocycles. The Morgan fingerprint density at radius 1 is 0.810 bits per heavy atom. The van der Waals surface area contributed by atoms with Crippen molar-refractivity contribution in [1.82, 2.24) is 45.4 Å². The Balaban J connectivity index is 0.661.